The predicted octanol–water partition coefficient (Wildman–Crippen LogP) is 3.84. The molecule has 1 saturated heterocycles. The Morgan fingerprint density at radius 2 is 1.96 bits per heavy atom. The van der Waals surface area contributed by atoms with Crippen molar-refractivity contribution in [2.45, 2.75) is 25.4 Å². The van der Waals surface area contributed by atoms with Gasteiger partial charge in [-0.25, -0.2) is 4.98 Å². The van der Waals surface area contributed by atoms with Crippen molar-refractivity contribution < 1.29 is 0 Å². The van der Waals surface area contributed by atoms with Gasteiger partial charge in [0.25, 0.3) is 0 Å². The highest BCUT2D eigenvalue weighted by atomic mass is 32.1. The molecule has 4 aromatic rings. The summed E-state index contributed by atoms with van der Waals surface area (Å²) in [6.07, 6.45) is 3.75. The maximum Gasteiger partial charge on any atom is 0.207 e. The molecule has 0 N–H and O–H groups in total. The number of para-hydroxylation sites is 2. The molecule has 1 aliphatic rings. The molecule has 6 heteroatoms. The van der Waals surface area contributed by atoms with Crippen LogP contribution in [0.15, 0.2) is 59.5 Å². The number of hydrogen-bond acceptors (Lipinski definition) is 5. The Kier molecular flexibility index (Phi) is 4.22. The molecule has 5 nitrogen and oxygen atoms in total. The number of likely N-dealkylation sites (tertiary alicyclic amines) is 1. The van der Waals surface area contributed by atoms with Crippen molar-refractivity contribution in [1.29, 1.82) is 0 Å². The number of hydrogen-bond donors (Lipinski definition) is 0. The third kappa shape index (κ3) is 3.15. The number of piperidine rings is 1. The van der Waals surface area contributed by atoms with Crippen molar-refractivity contribution in [3.63, 3.8) is 0 Å². The van der Waals surface area contributed by atoms with Crippen molar-refractivity contribution in [2.24, 2.45) is 0 Å². The number of benzene rings is 2. The molecule has 27 heavy (non-hydrogen) atoms. The third-order valence-electron chi connectivity index (χ3n) is 5.26. The van der Waals surface area contributed by atoms with Crippen LogP contribution in [-0.4, -0.2) is 32.8 Å². The molecular weight excluding hydrogens is 356 g/mol. The molecule has 136 valence electrons. The van der Waals surface area contributed by atoms with Crippen LogP contribution in [0.25, 0.3) is 21.1 Å². The molecule has 2 aromatic carbocycles. The Labute approximate surface area is 160 Å². The fourth-order valence-corrected chi connectivity index (χ4v) is 5.01. The minimum absolute atomic E-state index is 0.0205. The zero-order valence-electron chi connectivity index (χ0n) is 14.9. The number of rotatable bonds is 3. The summed E-state index contributed by atoms with van der Waals surface area (Å²) < 4.78 is 3.20. The first-order chi connectivity index (χ1) is 13.3. The van der Waals surface area contributed by atoms with Gasteiger partial charge in [-0.1, -0.05) is 24.3 Å². The monoisotopic (exact) mass is 376 g/mol. The van der Waals surface area contributed by atoms with Gasteiger partial charge in [-0.15, -0.1) is 11.3 Å². The number of aromatic nitrogens is 3. The number of fused-ring (bicyclic) bond motifs is 2. The molecule has 1 aliphatic heterocycles. The molecule has 5 rings (SSSR count). The fourth-order valence-electron chi connectivity index (χ4n) is 3.91. The van der Waals surface area contributed by atoms with Gasteiger partial charge in [0.1, 0.15) is 0 Å². The topological polar surface area (TPSA) is 51.0 Å². The summed E-state index contributed by atoms with van der Waals surface area (Å²) in [5.74, 6) is 0.460. The number of thiazole rings is 1. The lowest BCUT2D eigenvalue weighted by molar-refractivity contribution is 0.159. The van der Waals surface area contributed by atoms with E-state index in [0.717, 1.165) is 35.9 Å². The SMILES string of the molecule is O=c1cnn(CN2CCC[C@@H](c3nc4ccccc4s3)C2)c2ccccc12. The van der Waals surface area contributed by atoms with E-state index in [1.165, 1.54) is 22.3 Å². The van der Waals surface area contributed by atoms with Crippen molar-refractivity contribution >= 4 is 32.5 Å². The average Bonchev–Trinajstić information content (AvgIpc) is 3.15. The maximum absolute atomic E-state index is 12.0. The Balaban J connectivity index is 1.40. The van der Waals surface area contributed by atoms with Gasteiger partial charge in [-0.3, -0.25) is 14.4 Å². The second kappa shape index (κ2) is 6.87. The van der Waals surface area contributed by atoms with E-state index >= 15 is 0 Å². The van der Waals surface area contributed by atoms with E-state index in [4.69, 9.17) is 4.98 Å². The van der Waals surface area contributed by atoms with Gasteiger partial charge in [0.05, 0.1) is 33.6 Å². The molecule has 0 unspecified atom stereocenters. The van der Waals surface area contributed by atoms with Crippen LogP contribution in [0.5, 0.6) is 0 Å². The highest BCUT2D eigenvalue weighted by Crippen LogP contribution is 2.33. The molecule has 3 heterocycles. The van der Waals surface area contributed by atoms with Crippen molar-refractivity contribution in [3.05, 3.63) is 70.0 Å². The van der Waals surface area contributed by atoms with Crippen molar-refractivity contribution in [3.8, 4) is 0 Å². The van der Waals surface area contributed by atoms with Crippen molar-refractivity contribution in [2.75, 3.05) is 13.1 Å². The predicted molar refractivity (Wildman–Crippen MR) is 109 cm³/mol. The molecule has 0 saturated carbocycles. The lowest BCUT2D eigenvalue weighted by Gasteiger charge is -2.32. The molecule has 0 spiro atoms. The molecule has 2 aromatic heterocycles. The Morgan fingerprint density at radius 1 is 1.11 bits per heavy atom. The quantitative estimate of drug-likeness (QED) is 0.545. The first-order valence-electron chi connectivity index (χ1n) is 9.30. The second-order valence-electron chi connectivity index (χ2n) is 7.10. The average molecular weight is 376 g/mol. The summed E-state index contributed by atoms with van der Waals surface area (Å²) in [7, 11) is 0. The Hall–Kier alpha value is -2.57. The number of nitrogens with zero attached hydrogens (tertiary/aromatic N) is 4. The lowest BCUT2D eigenvalue weighted by atomic mass is 9.99. The van der Waals surface area contributed by atoms with Crippen LogP contribution in [0.4, 0.5) is 0 Å². The summed E-state index contributed by atoms with van der Waals surface area (Å²) in [4.78, 5) is 19.3. The fraction of sp³-hybridized carbons (Fsp3) is 0.286. The van der Waals surface area contributed by atoms with E-state index in [2.05, 4.69) is 28.2 Å². The van der Waals surface area contributed by atoms with Gasteiger partial charge in [0, 0.05) is 17.8 Å². The molecule has 0 aliphatic carbocycles. The standard InChI is InChI=1S/C21H20N4OS/c26-19-12-22-25(18-9-3-1-7-16(18)19)14-24-11-5-6-15(13-24)21-23-17-8-2-4-10-20(17)27-21/h1-4,7-10,12,15H,5-6,11,13-14H2/t15-/m1/s1. The van der Waals surface area contributed by atoms with Crippen molar-refractivity contribution in [1.82, 2.24) is 19.7 Å². The molecule has 0 radical (unpaired) electrons. The first kappa shape index (κ1) is 16.6. The van der Waals surface area contributed by atoms with E-state index in [9.17, 15) is 4.79 Å². The van der Waals surface area contributed by atoms with Crippen LogP contribution in [-0.2, 0) is 6.67 Å². The van der Waals surface area contributed by atoms with Crippen LogP contribution >= 0.6 is 11.3 Å². The Bertz CT molecular complexity index is 1130. The molecular formula is C21H20N4OS. The summed E-state index contributed by atoms with van der Waals surface area (Å²) in [5, 5.41) is 6.35. The highest BCUT2D eigenvalue weighted by Gasteiger charge is 2.24. The van der Waals surface area contributed by atoms with E-state index in [1.54, 1.807) is 0 Å². The molecule has 1 atom stereocenters. The van der Waals surface area contributed by atoms with Crippen LogP contribution in [0, 0.1) is 0 Å². The summed E-state index contributed by atoms with van der Waals surface area (Å²) >= 11 is 1.82. The van der Waals surface area contributed by atoms with Gasteiger partial charge in [0.15, 0.2) is 0 Å². The highest BCUT2D eigenvalue weighted by molar-refractivity contribution is 7.18. The minimum Gasteiger partial charge on any atom is -0.287 e. The van der Waals surface area contributed by atoms with E-state index in [0.29, 0.717) is 12.6 Å². The summed E-state index contributed by atoms with van der Waals surface area (Å²) in [5.41, 5.74) is 1.97. The lowest BCUT2D eigenvalue weighted by Crippen LogP contribution is -2.36. The summed E-state index contributed by atoms with van der Waals surface area (Å²) in [6, 6.07) is 16.1. The van der Waals surface area contributed by atoms with E-state index in [1.807, 2.05) is 46.4 Å². The maximum atomic E-state index is 12.0. The molecule has 0 bridgehead atoms. The summed E-state index contributed by atoms with van der Waals surface area (Å²) in [6.45, 7) is 2.72. The van der Waals surface area contributed by atoms with Gasteiger partial charge in [-0.2, -0.15) is 5.10 Å². The van der Waals surface area contributed by atoms with Gasteiger partial charge >= 0.3 is 0 Å². The van der Waals surface area contributed by atoms with E-state index in [-0.39, 0.29) is 5.43 Å². The van der Waals surface area contributed by atoms with E-state index < -0.39 is 0 Å². The van der Waals surface area contributed by atoms with Gasteiger partial charge in [-0.05, 0) is 43.7 Å². The minimum atomic E-state index is -0.0205. The molecule has 0 amide bonds. The zero-order chi connectivity index (χ0) is 18.2. The second-order valence-corrected chi connectivity index (χ2v) is 8.17. The van der Waals surface area contributed by atoms with Crippen LogP contribution in [0.3, 0.4) is 0 Å². The van der Waals surface area contributed by atoms with Gasteiger partial charge < -0.3 is 0 Å². The largest absolute Gasteiger partial charge is 0.287 e. The van der Waals surface area contributed by atoms with Gasteiger partial charge in [0.2, 0.25) is 5.43 Å². The van der Waals surface area contributed by atoms with Crippen LogP contribution < -0.4 is 5.43 Å². The Morgan fingerprint density at radius 3 is 2.89 bits per heavy atom. The zero-order valence-corrected chi connectivity index (χ0v) is 15.7. The van der Waals surface area contributed by atoms with Crippen LogP contribution in [0.2, 0.25) is 0 Å². The first-order valence-corrected chi connectivity index (χ1v) is 10.1. The normalized spacial score (nSPS) is 18.3. The third-order valence-corrected chi connectivity index (χ3v) is 6.46. The smallest absolute Gasteiger partial charge is 0.207 e. The molecule has 1 fully saturated rings. The van der Waals surface area contributed by atoms with Crippen LogP contribution in [0.1, 0.15) is 23.8 Å².